The molecule has 0 heterocycles. The van der Waals surface area contributed by atoms with Crippen molar-refractivity contribution in [3.8, 4) is 5.75 Å². The third kappa shape index (κ3) is 7.03. The van der Waals surface area contributed by atoms with Crippen LogP contribution in [0.1, 0.15) is 37.8 Å². The molecule has 0 bridgehead atoms. The van der Waals surface area contributed by atoms with Gasteiger partial charge >= 0.3 is 0 Å². The molecular formula is C23H28BrClN2O3. The van der Waals surface area contributed by atoms with Crippen molar-refractivity contribution in [2.24, 2.45) is 0 Å². The summed E-state index contributed by atoms with van der Waals surface area (Å²) in [5.41, 5.74) is 1.91. The average molecular weight is 496 g/mol. The molecule has 0 unspecified atom stereocenters. The zero-order valence-electron chi connectivity index (χ0n) is 17.6. The van der Waals surface area contributed by atoms with E-state index >= 15 is 0 Å². The molecule has 0 aliphatic carbocycles. The smallest absolute Gasteiger partial charge is 0.261 e. The van der Waals surface area contributed by atoms with Crippen molar-refractivity contribution in [1.29, 1.82) is 0 Å². The summed E-state index contributed by atoms with van der Waals surface area (Å²) in [7, 11) is 0. The molecule has 5 nitrogen and oxygen atoms in total. The molecular weight excluding hydrogens is 468 g/mol. The Morgan fingerprint density at radius 2 is 1.87 bits per heavy atom. The van der Waals surface area contributed by atoms with Crippen molar-refractivity contribution in [2.45, 2.75) is 46.2 Å². The number of carbonyl (C=O) groups is 2. The van der Waals surface area contributed by atoms with E-state index in [1.54, 1.807) is 23.1 Å². The molecule has 2 aromatic rings. The molecule has 0 aliphatic heterocycles. The molecule has 1 atom stereocenters. The number of aryl methyl sites for hydroxylation is 1. The number of ether oxygens (including phenoxy) is 1. The minimum absolute atomic E-state index is 0.147. The van der Waals surface area contributed by atoms with E-state index in [1.165, 1.54) is 0 Å². The molecule has 0 aromatic heterocycles. The number of hydrogen-bond acceptors (Lipinski definition) is 3. The molecule has 0 fully saturated rings. The van der Waals surface area contributed by atoms with Crippen LogP contribution in [0.4, 0.5) is 0 Å². The van der Waals surface area contributed by atoms with Crippen LogP contribution < -0.4 is 10.1 Å². The number of halogens is 2. The van der Waals surface area contributed by atoms with Gasteiger partial charge in [0.05, 0.1) is 0 Å². The van der Waals surface area contributed by atoms with Crippen LogP contribution in [0.2, 0.25) is 5.02 Å². The molecule has 0 aliphatic rings. The second-order valence-corrected chi connectivity index (χ2v) is 8.35. The van der Waals surface area contributed by atoms with Gasteiger partial charge in [-0.25, -0.2) is 0 Å². The Balaban J connectivity index is 2.18. The van der Waals surface area contributed by atoms with Gasteiger partial charge in [0.2, 0.25) is 5.91 Å². The minimum atomic E-state index is -0.574. The van der Waals surface area contributed by atoms with Crippen molar-refractivity contribution >= 4 is 39.3 Å². The summed E-state index contributed by atoms with van der Waals surface area (Å²) in [6, 6.07) is 12.3. The Morgan fingerprint density at radius 3 is 2.47 bits per heavy atom. The van der Waals surface area contributed by atoms with Gasteiger partial charge in [-0.05, 0) is 61.2 Å². The minimum Gasteiger partial charge on any atom is -0.484 e. The summed E-state index contributed by atoms with van der Waals surface area (Å²) in [5.74, 6) is 0.212. The van der Waals surface area contributed by atoms with Gasteiger partial charge in [-0.2, -0.15) is 0 Å². The zero-order chi connectivity index (χ0) is 22.1. The average Bonchev–Trinajstić information content (AvgIpc) is 2.74. The normalized spacial score (nSPS) is 11.6. The number of hydrogen-bond donors (Lipinski definition) is 1. The van der Waals surface area contributed by atoms with E-state index < -0.39 is 6.04 Å². The Hall–Kier alpha value is -2.05. The fraction of sp³-hybridized carbons (Fsp3) is 0.391. The molecule has 0 saturated carbocycles. The van der Waals surface area contributed by atoms with Gasteiger partial charge in [0, 0.05) is 22.6 Å². The monoisotopic (exact) mass is 494 g/mol. The quantitative estimate of drug-likeness (QED) is 0.497. The second kappa shape index (κ2) is 12.0. The topological polar surface area (TPSA) is 58.6 Å². The first kappa shape index (κ1) is 24.2. The van der Waals surface area contributed by atoms with Crippen LogP contribution in [-0.2, 0) is 16.1 Å². The number of nitrogens with zero attached hydrogens (tertiary/aromatic N) is 1. The summed E-state index contributed by atoms with van der Waals surface area (Å²) in [6.07, 6.45) is 1.34. The van der Waals surface area contributed by atoms with Gasteiger partial charge in [0.15, 0.2) is 6.61 Å². The van der Waals surface area contributed by atoms with Gasteiger partial charge in [-0.15, -0.1) is 0 Å². The van der Waals surface area contributed by atoms with Gasteiger partial charge < -0.3 is 15.0 Å². The summed E-state index contributed by atoms with van der Waals surface area (Å²) >= 11 is 9.44. The SMILES string of the molecule is CCCNC(=O)[C@H](CC)N(Cc1ccc(Cl)cc1)C(=O)COc1ccc(Br)c(C)c1. The first-order valence-corrected chi connectivity index (χ1v) is 11.2. The molecule has 2 aromatic carbocycles. The molecule has 0 spiro atoms. The van der Waals surface area contributed by atoms with E-state index in [4.69, 9.17) is 16.3 Å². The molecule has 2 amide bonds. The van der Waals surface area contributed by atoms with Crippen molar-refractivity contribution in [2.75, 3.05) is 13.2 Å². The lowest BCUT2D eigenvalue weighted by Gasteiger charge is -2.30. The molecule has 162 valence electrons. The van der Waals surface area contributed by atoms with Crippen LogP contribution in [-0.4, -0.2) is 35.9 Å². The van der Waals surface area contributed by atoms with E-state index in [2.05, 4.69) is 21.2 Å². The predicted molar refractivity (Wildman–Crippen MR) is 124 cm³/mol. The lowest BCUT2D eigenvalue weighted by Crippen LogP contribution is -2.50. The highest BCUT2D eigenvalue weighted by Crippen LogP contribution is 2.22. The van der Waals surface area contributed by atoms with Crippen LogP contribution in [0.3, 0.4) is 0 Å². The van der Waals surface area contributed by atoms with E-state index in [0.717, 1.165) is 22.0 Å². The molecule has 7 heteroatoms. The van der Waals surface area contributed by atoms with Crippen LogP contribution in [0, 0.1) is 6.92 Å². The number of carbonyl (C=O) groups excluding carboxylic acids is 2. The van der Waals surface area contributed by atoms with Gasteiger partial charge in [0.25, 0.3) is 5.91 Å². The summed E-state index contributed by atoms with van der Waals surface area (Å²) in [6.45, 7) is 6.58. The fourth-order valence-electron chi connectivity index (χ4n) is 3.01. The van der Waals surface area contributed by atoms with Gasteiger partial charge in [-0.1, -0.05) is 53.5 Å². The van der Waals surface area contributed by atoms with E-state index in [1.807, 2.05) is 45.0 Å². The maximum absolute atomic E-state index is 13.1. The second-order valence-electron chi connectivity index (χ2n) is 7.06. The lowest BCUT2D eigenvalue weighted by molar-refractivity contribution is -0.143. The molecule has 1 N–H and O–H groups in total. The third-order valence-corrected chi connectivity index (χ3v) is 5.83. The third-order valence-electron chi connectivity index (χ3n) is 4.69. The maximum atomic E-state index is 13.1. The van der Waals surface area contributed by atoms with Crippen molar-refractivity contribution in [3.05, 3.63) is 63.1 Å². The Bertz CT molecular complexity index is 858. The Labute approximate surface area is 191 Å². The predicted octanol–water partition coefficient (Wildman–Crippen LogP) is 5.12. The van der Waals surface area contributed by atoms with Crippen molar-refractivity contribution in [3.63, 3.8) is 0 Å². The van der Waals surface area contributed by atoms with Gasteiger partial charge in [-0.3, -0.25) is 9.59 Å². The number of amides is 2. The summed E-state index contributed by atoms with van der Waals surface area (Å²) in [5, 5.41) is 3.52. The Morgan fingerprint density at radius 1 is 1.17 bits per heavy atom. The van der Waals surface area contributed by atoms with Crippen LogP contribution >= 0.6 is 27.5 Å². The van der Waals surface area contributed by atoms with Crippen molar-refractivity contribution < 1.29 is 14.3 Å². The van der Waals surface area contributed by atoms with Gasteiger partial charge in [0.1, 0.15) is 11.8 Å². The highest BCUT2D eigenvalue weighted by atomic mass is 79.9. The molecule has 0 saturated heterocycles. The van der Waals surface area contributed by atoms with E-state index in [9.17, 15) is 9.59 Å². The van der Waals surface area contributed by atoms with E-state index in [-0.39, 0.29) is 18.4 Å². The largest absolute Gasteiger partial charge is 0.484 e. The van der Waals surface area contributed by atoms with E-state index in [0.29, 0.717) is 30.3 Å². The van der Waals surface area contributed by atoms with Crippen LogP contribution in [0.25, 0.3) is 0 Å². The zero-order valence-corrected chi connectivity index (χ0v) is 19.9. The van der Waals surface area contributed by atoms with Crippen LogP contribution in [0.15, 0.2) is 46.9 Å². The standard InChI is InChI=1S/C23H28BrClN2O3/c1-4-12-26-23(29)21(5-2)27(14-17-6-8-18(25)9-7-17)22(28)15-30-19-10-11-20(24)16(3)13-19/h6-11,13,21H,4-5,12,14-15H2,1-3H3,(H,26,29)/t21-/m0/s1. The van der Waals surface area contributed by atoms with Crippen LogP contribution in [0.5, 0.6) is 5.75 Å². The lowest BCUT2D eigenvalue weighted by atomic mass is 10.1. The number of rotatable bonds is 10. The first-order valence-electron chi connectivity index (χ1n) is 10.1. The summed E-state index contributed by atoms with van der Waals surface area (Å²) in [4.78, 5) is 27.4. The van der Waals surface area contributed by atoms with Crippen molar-refractivity contribution in [1.82, 2.24) is 10.2 Å². The maximum Gasteiger partial charge on any atom is 0.261 e. The fourth-order valence-corrected chi connectivity index (χ4v) is 3.38. The molecule has 30 heavy (non-hydrogen) atoms. The number of benzene rings is 2. The summed E-state index contributed by atoms with van der Waals surface area (Å²) < 4.78 is 6.71. The molecule has 2 rings (SSSR count). The number of nitrogens with one attached hydrogen (secondary N) is 1. The molecule has 0 radical (unpaired) electrons. The highest BCUT2D eigenvalue weighted by molar-refractivity contribution is 9.10. The first-order chi connectivity index (χ1) is 14.3. The highest BCUT2D eigenvalue weighted by Gasteiger charge is 2.28. The Kier molecular flexibility index (Phi) is 9.66.